The van der Waals surface area contributed by atoms with E-state index in [-0.39, 0.29) is 5.91 Å². The number of thiophene rings is 1. The van der Waals surface area contributed by atoms with Crippen LogP contribution in [0, 0.1) is 0 Å². The van der Waals surface area contributed by atoms with Crippen molar-refractivity contribution >= 4 is 49.9 Å². The van der Waals surface area contributed by atoms with Crippen molar-refractivity contribution < 1.29 is 9.53 Å². The van der Waals surface area contributed by atoms with Crippen molar-refractivity contribution in [3.8, 4) is 0 Å². The number of hydrogen-bond acceptors (Lipinski definition) is 9. The van der Waals surface area contributed by atoms with Crippen LogP contribution in [-0.4, -0.2) is 79.8 Å². The Labute approximate surface area is 247 Å². The van der Waals surface area contributed by atoms with E-state index in [1.54, 1.807) is 29.9 Å². The van der Waals surface area contributed by atoms with E-state index in [0.29, 0.717) is 19.6 Å². The molecule has 42 heavy (non-hydrogen) atoms. The summed E-state index contributed by atoms with van der Waals surface area (Å²) in [5.74, 6) is 0.851. The van der Waals surface area contributed by atoms with Crippen molar-refractivity contribution in [2.45, 2.75) is 25.9 Å². The second-order valence-corrected chi connectivity index (χ2v) is 11.7. The molecule has 7 rings (SSSR count). The Morgan fingerprint density at radius 3 is 3.00 bits per heavy atom. The first-order chi connectivity index (χ1) is 20.7. The van der Waals surface area contributed by atoms with Gasteiger partial charge in [-0.25, -0.2) is 9.97 Å². The van der Waals surface area contributed by atoms with Crippen molar-refractivity contribution in [1.29, 1.82) is 0 Å². The minimum Gasteiger partial charge on any atom is -0.380 e. The molecule has 1 fully saturated rings. The fourth-order valence-corrected chi connectivity index (χ4v) is 6.87. The van der Waals surface area contributed by atoms with Crippen molar-refractivity contribution in [3.05, 3.63) is 83.4 Å². The first kappa shape index (κ1) is 26.7. The van der Waals surface area contributed by atoms with Gasteiger partial charge in [0.25, 0.3) is 0 Å². The highest BCUT2D eigenvalue weighted by molar-refractivity contribution is 7.19. The Bertz CT molecular complexity index is 1740. The lowest BCUT2D eigenvalue weighted by Gasteiger charge is -2.26. The molecular formula is C31H32N8O2S. The molecule has 1 N–H and O–H groups in total. The molecule has 0 spiro atoms. The summed E-state index contributed by atoms with van der Waals surface area (Å²) in [6, 6.07) is 12.1. The average molecular weight is 581 g/mol. The molecule has 5 aromatic rings. The van der Waals surface area contributed by atoms with Crippen LogP contribution in [0.25, 0.3) is 21.1 Å². The van der Waals surface area contributed by atoms with Crippen LogP contribution in [0.2, 0.25) is 0 Å². The summed E-state index contributed by atoms with van der Waals surface area (Å²) >= 11 is 1.65. The second-order valence-electron chi connectivity index (χ2n) is 10.6. The fraction of sp³-hybridized carbons (Fsp3) is 0.323. The lowest BCUT2D eigenvalue weighted by atomic mass is 10.0. The van der Waals surface area contributed by atoms with Gasteiger partial charge in [0.15, 0.2) is 0 Å². The maximum Gasteiger partial charge on any atom is 0.246 e. The molecule has 1 saturated heterocycles. The molecule has 214 valence electrons. The zero-order chi connectivity index (χ0) is 28.3. The zero-order valence-corrected chi connectivity index (χ0v) is 24.1. The normalized spacial score (nSPS) is 16.2. The van der Waals surface area contributed by atoms with E-state index in [1.165, 1.54) is 10.4 Å². The monoisotopic (exact) mass is 580 g/mol. The van der Waals surface area contributed by atoms with Gasteiger partial charge in [0.2, 0.25) is 5.91 Å². The summed E-state index contributed by atoms with van der Waals surface area (Å²) in [6.07, 6.45) is 10.8. The minimum atomic E-state index is 0.0607. The summed E-state index contributed by atoms with van der Waals surface area (Å²) < 4.78 is 7.49. The zero-order valence-electron chi connectivity index (χ0n) is 23.3. The number of carbonyl (C=O) groups is 1. The Balaban J connectivity index is 1.06. The number of rotatable bonds is 7. The number of nitrogens with zero attached hydrogens (tertiary/aromatic N) is 7. The van der Waals surface area contributed by atoms with Gasteiger partial charge in [-0.2, -0.15) is 5.10 Å². The third-order valence-corrected chi connectivity index (χ3v) is 8.95. The first-order valence-corrected chi connectivity index (χ1v) is 15.2. The molecule has 0 radical (unpaired) electrons. The number of anilines is 2. The number of fused-ring (bicyclic) bond motifs is 4. The quantitative estimate of drug-likeness (QED) is 0.283. The summed E-state index contributed by atoms with van der Waals surface area (Å²) in [6.45, 7) is 6.16. The van der Waals surface area contributed by atoms with Gasteiger partial charge in [-0.3, -0.25) is 19.4 Å². The molecule has 0 saturated carbocycles. The van der Waals surface area contributed by atoms with E-state index in [9.17, 15) is 4.79 Å². The third-order valence-electron chi connectivity index (χ3n) is 7.83. The second kappa shape index (κ2) is 12.0. The highest BCUT2D eigenvalue weighted by atomic mass is 32.1. The lowest BCUT2D eigenvalue weighted by Crippen LogP contribution is -2.34. The van der Waals surface area contributed by atoms with Crippen LogP contribution >= 0.6 is 11.3 Å². The van der Waals surface area contributed by atoms with Gasteiger partial charge < -0.3 is 15.0 Å². The molecule has 1 amide bonds. The van der Waals surface area contributed by atoms with Crippen molar-refractivity contribution in [2.24, 2.45) is 0 Å². The third kappa shape index (κ3) is 5.63. The Hall–Kier alpha value is -4.19. The van der Waals surface area contributed by atoms with E-state index < -0.39 is 0 Å². The molecule has 11 heteroatoms. The smallest absolute Gasteiger partial charge is 0.246 e. The molecule has 0 unspecified atom stereocenters. The van der Waals surface area contributed by atoms with Gasteiger partial charge in [-0.15, -0.1) is 11.3 Å². The molecule has 0 atom stereocenters. The van der Waals surface area contributed by atoms with Crippen LogP contribution < -0.4 is 5.32 Å². The predicted octanol–water partition coefficient (Wildman–Crippen LogP) is 4.39. The number of hydrogen-bond donors (Lipinski definition) is 1. The maximum absolute atomic E-state index is 13.0. The summed E-state index contributed by atoms with van der Waals surface area (Å²) in [4.78, 5) is 33.0. The molecule has 6 heterocycles. The van der Waals surface area contributed by atoms with Gasteiger partial charge in [0.05, 0.1) is 42.5 Å². The van der Waals surface area contributed by atoms with Crippen LogP contribution in [-0.2, 0) is 29.0 Å². The van der Waals surface area contributed by atoms with Crippen LogP contribution in [0.5, 0.6) is 0 Å². The molecule has 2 aliphatic rings. The summed E-state index contributed by atoms with van der Waals surface area (Å²) in [5.41, 5.74) is 4.19. The van der Waals surface area contributed by atoms with Gasteiger partial charge in [0.1, 0.15) is 17.0 Å². The number of pyridine rings is 1. The summed E-state index contributed by atoms with van der Waals surface area (Å²) in [7, 11) is 0. The molecule has 4 aromatic heterocycles. The van der Waals surface area contributed by atoms with E-state index in [2.05, 4.69) is 48.5 Å². The van der Waals surface area contributed by atoms with Crippen molar-refractivity contribution in [1.82, 2.24) is 34.5 Å². The van der Waals surface area contributed by atoms with E-state index in [0.717, 1.165) is 84.0 Å². The van der Waals surface area contributed by atoms with Crippen LogP contribution in [0.1, 0.15) is 22.6 Å². The first-order valence-electron chi connectivity index (χ1n) is 14.3. The number of aromatic nitrogens is 5. The van der Waals surface area contributed by atoms with Gasteiger partial charge in [0, 0.05) is 61.0 Å². The molecule has 1 aromatic carbocycles. The largest absolute Gasteiger partial charge is 0.380 e. The number of nitrogens with one attached hydrogen (secondary N) is 1. The Kier molecular flexibility index (Phi) is 7.60. The van der Waals surface area contributed by atoms with Crippen molar-refractivity contribution in [2.75, 3.05) is 44.7 Å². The highest BCUT2D eigenvalue weighted by Gasteiger charge is 2.25. The highest BCUT2D eigenvalue weighted by Crippen LogP contribution is 2.38. The summed E-state index contributed by atoms with van der Waals surface area (Å²) in [5, 5.41) is 10.2. The van der Waals surface area contributed by atoms with Gasteiger partial charge in [-0.05, 0) is 48.7 Å². The average Bonchev–Trinajstić information content (AvgIpc) is 3.48. The molecule has 0 aliphatic carbocycles. The molecule has 10 nitrogen and oxygen atoms in total. The predicted molar refractivity (Wildman–Crippen MR) is 164 cm³/mol. The van der Waals surface area contributed by atoms with E-state index in [4.69, 9.17) is 4.74 Å². The molecular weight excluding hydrogens is 548 g/mol. The van der Waals surface area contributed by atoms with Crippen LogP contribution in [0.15, 0.2) is 67.3 Å². The Morgan fingerprint density at radius 1 is 1.10 bits per heavy atom. The minimum absolute atomic E-state index is 0.0607. The lowest BCUT2D eigenvalue weighted by molar-refractivity contribution is -0.126. The van der Waals surface area contributed by atoms with Crippen molar-refractivity contribution in [3.63, 3.8) is 0 Å². The van der Waals surface area contributed by atoms with Crippen LogP contribution in [0.4, 0.5) is 11.5 Å². The SMILES string of the molecule is O=C(C=CCN1CCCOCC1)N1CCc2c(sc3ncnc(Nc4ccc5c(cnn5Cc5ccccn5)c4)c23)C1. The van der Waals surface area contributed by atoms with Gasteiger partial charge in [-0.1, -0.05) is 12.1 Å². The van der Waals surface area contributed by atoms with Crippen LogP contribution in [0.3, 0.4) is 0 Å². The Morgan fingerprint density at radius 2 is 2.07 bits per heavy atom. The molecule has 0 bridgehead atoms. The van der Waals surface area contributed by atoms with Gasteiger partial charge >= 0.3 is 0 Å². The number of amides is 1. The number of carbonyl (C=O) groups excluding carboxylic acids is 1. The molecule has 2 aliphatic heterocycles. The maximum atomic E-state index is 13.0. The fourth-order valence-electron chi connectivity index (χ4n) is 5.67. The topological polar surface area (TPSA) is 101 Å². The standard InChI is InChI=1S/C31H32N8O2S/c40-28(6-3-11-37-12-4-15-41-16-14-37)38-13-9-25-27(20-38)42-31-29(25)30(33-21-34-31)36-23-7-8-26-22(17-23)18-35-39(26)19-24-5-1-2-10-32-24/h1-3,5-8,10,17-18,21H,4,9,11-16,19-20H2,(H,33,34,36). The van der Waals surface area contributed by atoms with E-state index >= 15 is 0 Å². The van der Waals surface area contributed by atoms with E-state index in [1.807, 2.05) is 40.1 Å². The number of ether oxygens (including phenoxy) is 1. The number of benzene rings is 1.